The highest BCUT2D eigenvalue weighted by molar-refractivity contribution is 6.32. The molecule has 0 aromatic heterocycles. The minimum atomic E-state index is -1.69. The highest BCUT2D eigenvalue weighted by Gasteiger charge is 2.17. The predicted octanol–water partition coefficient (Wildman–Crippen LogP) is 3.42. The molecule has 0 aliphatic carbocycles. The average Bonchev–Trinajstić information content (AvgIpc) is 1.91. The first-order chi connectivity index (χ1) is 5.49. The molecule has 0 saturated carbocycles. The first kappa shape index (κ1) is 9.33. The molecule has 0 saturated heterocycles. The van der Waals surface area contributed by atoms with Crippen LogP contribution in [0.4, 0.5) is 4.39 Å². The third-order valence-corrected chi connectivity index (χ3v) is 1.50. The van der Waals surface area contributed by atoms with Crippen molar-refractivity contribution in [2.45, 2.75) is 19.7 Å². The normalized spacial score (nSPS) is 11.3. The number of rotatable bonds is 2. The second-order valence-electron chi connectivity index (χ2n) is 2.90. The van der Waals surface area contributed by atoms with E-state index in [1.165, 1.54) is 13.8 Å². The van der Waals surface area contributed by atoms with Gasteiger partial charge < -0.3 is 4.74 Å². The lowest BCUT2D eigenvalue weighted by Gasteiger charge is -2.17. The van der Waals surface area contributed by atoms with Gasteiger partial charge >= 0.3 is 0 Å². The Morgan fingerprint density at radius 2 is 1.92 bits per heavy atom. The summed E-state index contributed by atoms with van der Waals surface area (Å²) < 4.78 is 17.9. The molecular formula is C9H10ClFO. The van der Waals surface area contributed by atoms with Gasteiger partial charge in [-0.3, -0.25) is 0 Å². The van der Waals surface area contributed by atoms with Gasteiger partial charge in [0.05, 0.1) is 5.02 Å². The predicted molar refractivity (Wildman–Crippen MR) is 47.3 cm³/mol. The lowest BCUT2D eigenvalue weighted by Crippen LogP contribution is -2.21. The maximum Gasteiger partial charge on any atom is 0.242 e. The summed E-state index contributed by atoms with van der Waals surface area (Å²) in [6, 6.07) is 6.79. The van der Waals surface area contributed by atoms with Gasteiger partial charge in [-0.15, -0.1) is 0 Å². The molecule has 1 aromatic carbocycles. The number of hydrogen-bond acceptors (Lipinski definition) is 1. The zero-order valence-corrected chi connectivity index (χ0v) is 7.73. The molecule has 66 valence electrons. The topological polar surface area (TPSA) is 9.23 Å². The molecule has 12 heavy (non-hydrogen) atoms. The van der Waals surface area contributed by atoms with Crippen LogP contribution >= 0.6 is 11.6 Å². The van der Waals surface area contributed by atoms with Crippen molar-refractivity contribution >= 4 is 11.6 Å². The van der Waals surface area contributed by atoms with Gasteiger partial charge in [0.2, 0.25) is 5.85 Å². The van der Waals surface area contributed by atoms with E-state index in [0.717, 1.165) is 0 Å². The van der Waals surface area contributed by atoms with Gasteiger partial charge in [0.1, 0.15) is 5.75 Å². The Morgan fingerprint density at radius 3 is 2.42 bits per heavy atom. The van der Waals surface area contributed by atoms with E-state index in [4.69, 9.17) is 16.3 Å². The maximum atomic E-state index is 13.0. The summed E-state index contributed by atoms with van der Waals surface area (Å²) in [5.41, 5.74) is 0. The lowest BCUT2D eigenvalue weighted by molar-refractivity contribution is -0.0256. The molecule has 0 fully saturated rings. The summed E-state index contributed by atoms with van der Waals surface area (Å²) in [4.78, 5) is 0. The quantitative estimate of drug-likeness (QED) is 0.691. The Bertz CT molecular complexity index is 267. The van der Waals surface area contributed by atoms with E-state index in [-0.39, 0.29) is 0 Å². The van der Waals surface area contributed by atoms with Crippen molar-refractivity contribution in [3.05, 3.63) is 29.3 Å². The standard InChI is InChI=1S/C9H10ClFO/c1-9(2,11)12-8-6-4-3-5-7(8)10/h3-6H,1-2H3. The Balaban J connectivity index is 2.83. The molecule has 1 nitrogen and oxygen atoms in total. The molecule has 0 N–H and O–H groups in total. The number of hydrogen-bond donors (Lipinski definition) is 0. The summed E-state index contributed by atoms with van der Waals surface area (Å²) in [6.07, 6.45) is 0. The van der Waals surface area contributed by atoms with Crippen LogP contribution in [0, 0.1) is 0 Å². The van der Waals surface area contributed by atoms with E-state index in [1.54, 1.807) is 24.3 Å². The lowest BCUT2D eigenvalue weighted by atomic mass is 10.3. The molecular weight excluding hydrogens is 179 g/mol. The maximum absolute atomic E-state index is 13.0. The molecule has 0 unspecified atom stereocenters. The Hall–Kier alpha value is -0.760. The van der Waals surface area contributed by atoms with Gasteiger partial charge in [-0.1, -0.05) is 23.7 Å². The highest BCUT2D eigenvalue weighted by atomic mass is 35.5. The van der Waals surface area contributed by atoms with Gasteiger partial charge in [-0.25, -0.2) is 0 Å². The van der Waals surface area contributed by atoms with Crippen LogP contribution in [0.1, 0.15) is 13.8 Å². The SMILES string of the molecule is CC(C)(F)Oc1ccccc1Cl. The van der Waals surface area contributed by atoms with E-state index in [9.17, 15) is 4.39 Å². The van der Waals surface area contributed by atoms with Crippen molar-refractivity contribution < 1.29 is 9.13 Å². The van der Waals surface area contributed by atoms with Gasteiger partial charge in [-0.05, 0) is 12.1 Å². The average molecular weight is 189 g/mol. The smallest absolute Gasteiger partial charge is 0.242 e. The van der Waals surface area contributed by atoms with Crippen LogP contribution < -0.4 is 4.74 Å². The number of benzene rings is 1. The van der Waals surface area contributed by atoms with Crippen LogP contribution in [0.5, 0.6) is 5.75 Å². The molecule has 0 bridgehead atoms. The Morgan fingerprint density at radius 1 is 1.33 bits per heavy atom. The first-order valence-corrected chi connectivity index (χ1v) is 3.99. The van der Waals surface area contributed by atoms with E-state index < -0.39 is 5.85 Å². The van der Waals surface area contributed by atoms with Crippen LogP contribution in [-0.2, 0) is 0 Å². The summed E-state index contributed by atoms with van der Waals surface area (Å²) in [7, 11) is 0. The molecule has 0 atom stereocenters. The van der Waals surface area contributed by atoms with E-state index >= 15 is 0 Å². The second kappa shape index (κ2) is 3.31. The van der Waals surface area contributed by atoms with E-state index in [0.29, 0.717) is 10.8 Å². The third kappa shape index (κ3) is 2.70. The largest absolute Gasteiger partial charge is 0.457 e. The van der Waals surface area contributed by atoms with Crippen LogP contribution in [-0.4, -0.2) is 5.85 Å². The molecule has 0 aliphatic rings. The van der Waals surface area contributed by atoms with Crippen molar-refractivity contribution in [2.24, 2.45) is 0 Å². The monoisotopic (exact) mass is 188 g/mol. The fourth-order valence-electron chi connectivity index (χ4n) is 0.789. The molecule has 1 aromatic rings. The molecule has 0 aliphatic heterocycles. The van der Waals surface area contributed by atoms with Crippen molar-refractivity contribution in [2.75, 3.05) is 0 Å². The van der Waals surface area contributed by atoms with Crippen LogP contribution in [0.25, 0.3) is 0 Å². The minimum absolute atomic E-state index is 0.367. The van der Waals surface area contributed by atoms with Gasteiger partial charge in [0, 0.05) is 13.8 Å². The zero-order chi connectivity index (χ0) is 9.19. The third-order valence-electron chi connectivity index (χ3n) is 1.19. The number of ether oxygens (including phenoxy) is 1. The summed E-state index contributed by atoms with van der Waals surface area (Å²) >= 11 is 5.74. The van der Waals surface area contributed by atoms with E-state index in [1.807, 2.05) is 0 Å². The summed E-state index contributed by atoms with van der Waals surface area (Å²) in [5, 5.41) is 0.420. The fraction of sp³-hybridized carbons (Fsp3) is 0.333. The highest BCUT2D eigenvalue weighted by Crippen LogP contribution is 2.27. The summed E-state index contributed by atoms with van der Waals surface area (Å²) in [5.74, 6) is -1.32. The van der Waals surface area contributed by atoms with Crippen LogP contribution in [0.3, 0.4) is 0 Å². The van der Waals surface area contributed by atoms with Gasteiger partial charge in [0.25, 0.3) is 0 Å². The minimum Gasteiger partial charge on any atom is -0.457 e. The molecule has 3 heteroatoms. The number of para-hydroxylation sites is 1. The van der Waals surface area contributed by atoms with Gasteiger partial charge in [0.15, 0.2) is 0 Å². The van der Waals surface area contributed by atoms with Gasteiger partial charge in [-0.2, -0.15) is 4.39 Å². The molecule has 0 heterocycles. The van der Waals surface area contributed by atoms with Crippen molar-refractivity contribution in [1.29, 1.82) is 0 Å². The number of alkyl halides is 1. The van der Waals surface area contributed by atoms with Crippen molar-refractivity contribution in [3.8, 4) is 5.75 Å². The first-order valence-electron chi connectivity index (χ1n) is 3.61. The van der Waals surface area contributed by atoms with Crippen molar-refractivity contribution in [1.82, 2.24) is 0 Å². The molecule has 0 spiro atoms. The molecule has 0 amide bonds. The van der Waals surface area contributed by atoms with Crippen LogP contribution in [0.15, 0.2) is 24.3 Å². The number of halogens is 2. The van der Waals surface area contributed by atoms with Crippen LogP contribution in [0.2, 0.25) is 5.02 Å². The second-order valence-corrected chi connectivity index (χ2v) is 3.30. The van der Waals surface area contributed by atoms with Crippen molar-refractivity contribution in [3.63, 3.8) is 0 Å². The molecule has 0 radical (unpaired) electrons. The summed E-state index contributed by atoms with van der Waals surface area (Å²) in [6.45, 7) is 2.66. The molecule has 1 rings (SSSR count). The fourth-order valence-corrected chi connectivity index (χ4v) is 0.963. The Labute approximate surface area is 76.1 Å². The van der Waals surface area contributed by atoms with E-state index in [2.05, 4.69) is 0 Å². The zero-order valence-electron chi connectivity index (χ0n) is 6.97. The Kier molecular flexibility index (Phi) is 2.58.